The van der Waals surface area contributed by atoms with Gasteiger partial charge in [-0.25, -0.2) is 4.57 Å². The van der Waals surface area contributed by atoms with Gasteiger partial charge in [0, 0.05) is 19.3 Å². The van der Waals surface area contributed by atoms with E-state index < -0.39 is 57.8 Å². The number of phosphoric ester groups is 1. The van der Waals surface area contributed by atoms with E-state index in [-0.39, 0.29) is 25.9 Å². The summed E-state index contributed by atoms with van der Waals surface area (Å²) < 4.78 is 39.4. The van der Waals surface area contributed by atoms with Gasteiger partial charge in [0.15, 0.2) is 6.10 Å². The van der Waals surface area contributed by atoms with Crippen LogP contribution >= 0.6 is 7.82 Å². The smallest absolute Gasteiger partial charge is 0.462 e. The largest absolute Gasteiger partial charge is 0.472 e. The average Bonchev–Trinajstić information content (AvgIpc) is 3.35. The molecule has 0 amide bonds. The molecule has 0 aromatic rings. The van der Waals surface area contributed by atoms with E-state index in [0.717, 1.165) is 122 Å². The van der Waals surface area contributed by atoms with Gasteiger partial charge in [0.2, 0.25) is 0 Å². The number of aliphatic hydroxyl groups is 1. The zero-order chi connectivity index (χ0) is 51.3. The van der Waals surface area contributed by atoms with Gasteiger partial charge in [0.25, 0.3) is 0 Å². The molecule has 0 bridgehead atoms. The molecule has 0 heterocycles. The molecule has 12 heteroatoms. The number of phosphoric acid groups is 1. The van der Waals surface area contributed by atoms with Crippen molar-refractivity contribution in [2.24, 2.45) is 0 Å². The van der Waals surface area contributed by atoms with E-state index in [1.807, 2.05) is 0 Å². The molecule has 0 aliphatic rings. The molecule has 0 spiro atoms. The molecule has 2 N–H and O–H groups in total. The second kappa shape index (κ2) is 52.5. The summed E-state index contributed by atoms with van der Waals surface area (Å²) in [4.78, 5) is 48.4. The molecule has 0 saturated carbocycles. The molecule has 406 valence electrons. The fraction of sp³-hybridized carbons (Fsp3) is 0.776. The maximum atomic E-state index is 12.9. The molecule has 0 aromatic carbocycles. The van der Waals surface area contributed by atoms with Gasteiger partial charge in [-0.1, -0.05) is 216 Å². The van der Waals surface area contributed by atoms with Crippen LogP contribution < -0.4 is 0 Å². The first-order chi connectivity index (χ1) is 34.2. The lowest BCUT2D eigenvalue weighted by molar-refractivity contribution is -0.161. The van der Waals surface area contributed by atoms with Crippen LogP contribution in [0.4, 0.5) is 0 Å². The van der Waals surface area contributed by atoms with Crippen molar-refractivity contribution in [1.29, 1.82) is 0 Å². The number of hydrogen-bond donors (Lipinski definition) is 2. The highest BCUT2D eigenvalue weighted by Gasteiger charge is 2.28. The van der Waals surface area contributed by atoms with Crippen molar-refractivity contribution >= 4 is 25.7 Å². The van der Waals surface area contributed by atoms with Crippen LogP contribution in [0.3, 0.4) is 0 Å². The first kappa shape index (κ1) is 67.2. The molecule has 0 fully saturated rings. The zero-order valence-electron chi connectivity index (χ0n) is 44.7. The van der Waals surface area contributed by atoms with Crippen LogP contribution in [-0.2, 0) is 42.2 Å². The van der Waals surface area contributed by atoms with Gasteiger partial charge in [0.1, 0.15) is 12.7 Å². The van der Waals surface area contributed by atoms with Gasteiger partial charge in [0.05, 0.1) is 19.8 Å². The van der Waals surface area contributed by atoms with Gasteiger partial charge in [-0.05, 0) is 77.0 Å². The summed E-state index contributed by atoms with van der Waals surface area (Å²) in [7, 11) is -4.75. The van der Waals surface area contributed by atoms with E-state index in [1.54, 1.807) is 0 Å². The monoisotopic (exact) mass is 1010 g/mol. The van der Waals surface area contributed by atoms with E-state index >= 15 is 0 Å². The third kappa shape index (κ3) is 50.1. The SMILES string of the molecule is CC/C=C\C/C=C\C/C=C\C/C=C\CCCCCCCCC(=O)OCC(COP(=O)(O)OCC(CO)OC(=O)CCCCCCC/C=C\CCCC)OC(=O)CCCCCCCCCCCCCCC. The topological polar surface area (TPSA) is 155 Å². The van der Waals surface area contributed by atoms with E-state index in [0.29, 0.717) is 19.3 Å². The maximum absolute atomic E-state index is 12.9. The molecule has 3 unspecified atom stereocenters. The molecular formula is C58H103O11P. The number of rotatable bonds is 52. The normalized spacial score (nSPS) is 13.8. The molecule has 0 aromatic heterocycles. The minimum atomic E-state index is -4.75. The number of ether oxygens (including phenoxy) is 3. The number of esters is 3. The zero-order valence-corrected chi connectivity index (χ0v) is 45.6. The quantitative estimate of drug-likeness (QED) is 0.0197. The highest BCUT2D eigenvalue weighted by Crippen LogP contribution is 2.43. The summed E-state index contributed by atoms with van der Waals surface area (Å²) in [6.45, 7) is 4.48. The molecule has 0 radical (unpaired) electrons. The molecular weight excluding hydrogens is 904 g/mol. The van der Waals surface area contributed by atoms with Gasteiger partial charge in [-0.2, -0.15) is 0 Å². The van der Waals surface area contributed by atoms with Crippen LogP contribution in [-0.4, -0.2) is 66.5 Å². The third-order valence-electron chi connectivity index (χ3n) is 11.9. The predicted octanol–water partition coefficient (Wildman–Crippen LogP) is 16.4. The van der Waals surface area contributed by atoms with Crippen molar-refractivity contribution in [3.8, 4) is 0 Å². The first-order valence-corrected chi connectivity index (χ1v) is 29.7. The highest BCUT2D eigenvalue weighted by atomic mass is 31.2. The van der Waals surface area contributed by atoms with Crippen LogP contribution in [0.1, 0.15) is 252 Å². The summed E-state index contributed by atoms with van der Waals surface area (Å²) in [5, 5.41) is 9.78. The van der Waals surface area contributed by atoms with E-state index in [9.17, 15) is 28.9 Å². The number of aliphatic hydroxyl groups excluding tert-OH is 1. The molecule has 11 nitrogen and oxygen atoms in total. The van der Waals surface area contributed by atoms with Gasteiger partial charge in [-0.3, -0.25) is 23.4 Å². The van der Waals surface area contributed by atoms with Crippen LogP contribution in [0, 0.1) is 0 Å². The number of carbonyl (C=O) groups excluding carboxylic acids is 3. The lowest BCUT2D eigenvalue weighted by atomic mass is 10.0. The highest BCUT2D eigenvalue weighted by molar-refractivity contribution is 7.47. The fourth-order valence-corrected chi connectivity index (χ4v) is 8.41. The molecule has 70 heavy (non-hydrogen) atoms. The minimum absolute atomic E-state index is 0.166. The number of unbranched alkanes of at least 4 members (excludes halogenated alkanes) is 25. The van der Waals surface area contributed by atoms with Crippen molar-refractivity contribution in [3.05, 3.63) is 60.8 Å². The van der Waals surface area contributed by atoms with Crippen molar-refractivity contribution in [1.82, 2.24) is 0 Å². The summed E-state index contributed by atoms with van der Waals surface area (Å²) in [6, 6.07) is 0. The van der Waals surface area contributed by atoms with Crippen LogP contribution in [0.2, 0.25) is 0 Å². The molecule has 0 aliphatic carbocycles. The Kier molecular flexibility index (Phi) is 50.4. The van der Waals surface area contributed by atoms with Crippen molar-refractivity contribution in [3.63, 3.8) is 0 Å². The Labute approximate surface area is 427 Å². The van der Waals surface area contributed by atoms with E-state index in [4.69, 9.17) is 23.3 Å². The lowest BCUT2D eigenvalue weighted by Gasteiger charge is -2.21. The Morgan fingerprint density at radius 3 is 1.20 bits per heavy atom. The predicted molar refractivity (Wildman–Crippen MR) is 288 cm³/mol. The Morgan fingerprint density at radius 1 is 0.414 bits per heavy atom. The molecule has 0 aliphatic heterocycles. The molecule has 0 rings (SSSR count). The Hall–Kier alpha value is -2.82. The second-order valence-corrected chi connectivity index (χ2v) is 20.2. The van der Waals surface area contributed by atoms with Gasteiger partial charge in [-0.15, -0.1) is 0 Å². The molecule has 0 saturated heterocycles. The standard InChI is InChI=1S/C58H103O11P/c1-4-7-10-13-16-19-22-24-25-26-27-28-29-31-33-35-38-41-44-47-56(60)65-51-55(69-58(62)49-46-43-40-37-34-30-23-20-17-14-11-8-5-2)53-67-70(63,64)66-52-54(50-59)68-57(61)48-45-42-39-36-32-21-18-15-12-9-6-3/h7,10,15-16,18-19,24-25,27-28,54-55,59H,4-6,8-9,11-14,17,20-23,26,29-53H2,1-3H3,(H,63,64)/b10-7-,18-15-,19-16-,25-24-,28-27-. The number of hydrogen-bond acceptors (Lipinski definition) is 10. The second-order valence-electron chi connectivity index (χ2n) is 18.7. The number of carbonyl (C=O) groups is 3. The minimum Gasteiger partial charge on any atom is -0.462 e. The summed E-state index contributed by atoms with van der Waals surface area (Å²) in [5.74, 6) is -1.48. The van der Waals surface area contributed by atoms with Crippen molar-refractivity contribution in [2.75, 3.05) is 26.4 Å². The Bertz CT molecular complexity index is 1410. The molecule has 3 atom stereocenters. The average molecular weight is 1010 g/mol. The number of allylic oxidation sites excluding steroid dienone is 10. The fourth-order valence-electron chi connectivity index (χ4n) is 7.62. The Balaban J connectivity index is 4.72. The van der Waals surface area contributed by atoms with Crippen molar-refractivity contribution in [2.45, 2.75) is 264 Å². The van der Waals surface area contributed by atoms with Gasteiger partial charge >= 0.3 is 25.7 Å². The van der Waals surface area contributed by atoms with E-state index in [2.05, 4.69) is 81.5 Å². The summed E-state index contributed by atoms with van der Waals surface area (Å²) in [6.07, 6.45) is 56.1. The summed E-state index contributed by atoms with van der Waals surface area (Å²) >= 11 is 0. The van der Waals surface area contributed by atoms with E-state index in [1.165, 1.54) is 70.6 Å². The van der Waals surface area contributed by atoms with Crippen LogP contribution in [0.15, 0.2) is 60.8 Å². The van der Waals surface area contributed by atoms with Crippen molar-refractivity contribution < 1.29 is 52.2 Å². The van der Waals surface area contributed by atoms with Crippen LogP contribution in [0.5, 0.6) is 0 Å². The lowest BCUT2D eigenvalue weighted by Crippen LogP contribution is -2.30. The third-order valence-corrected chi connectivity index (χ3v) is 12.9. The van der Waals surface area contributed by atoms with Crippen LogP contribution in [0.25, 0.3) is 0 Å². The Morgan fingerprint density at radius 2 is 0.757 bits per heavy atom. The maximum Gasteiger partial charge on any atom is 0.472 e. The first-order valence-electron chi connectivity index (χ1n) is 28.2. The van der Waals surface area contributed by atoms with Gasteiger partial charge < -0.3 is 24.2 Å². The summed E-state index contributed by atoms with van der Waals surface area (Å²) in [5.41, 5.74) is 0.